The van der Waals surface area contributed by atoms with Crippen LogP contribution in [0.4, 0.5) is 0 Å². The monoisotopic (exact) mass is 183 g/mol. The molecule has 0 aromatic heterocycles. The summed E-state index contributed by atoms with van der Waals surface area (Å²) >= 11 is 0. The number of hydrogen-bond acceptors (Lipinski definition) is 3. The molecular formula is C9H17N3O. The van der Waals surface area contributed by atoms with Gasteiger partial charge in [-0.1, -0.05) is 0 Å². The topological polar surface area (TPSA) is 58.4 Å². The molecule has 0 bridgehead atoms. The van der Waals surface area contributed by atoms with Crippen molar-refractivity contribution < 1.29 is 4.79 Å². The summed E-state index contributed by atoms with van der Waals surface area (Å²) in [4.78, 5) is 13.5. The molecule has 1 atom stereocenters. The van der Waals surface area contributed by atoms with Gasteiger partial charge in [-0.15, -0.1) is 0 Å². The molecule has 1 amide bonds. The molecule has 1 unspecified atom stereocenters. The average molecular weight is 183 g/mol. The maximum absolute atomic E-state index is 11.4. The maximum Gasteiger partial charge on any atom is 0.239 e. The number of likely N-dealkylation sites (N-methyl/N-ethyl adjacent to an activating group) is 1. The Hall–Kier alpha value is -0.610. The van der Waals surface area contributed by atoms with Gasteiger partial charge >= 0.3 is 0 Å². The van der Waals surface area contributed by atoms with Gasteiger partial charge in [0, 0.05) is 19.1 Å². The van der Waals surface area contributed by atoms with Crippen molar-refractivity contribution in [3.8, 4) is 0 Å². The molecule has 0 aromatic rings. The van der Waals surface area contributed by atoms with Crippen LogP contribution in [0, 0.1) is 0 Å². The van der Waals surface area contributed by atoms with E-state index in [1.54, 1.807) is 0 Å². The Labute approximate surface area is 78.5 Å². The minimum absolute atomic E-state index is 0.191. The molecule has 4 heteroatoms. The van der Waals surface area contributed by atoms with E-state index in [1.807, 2.05) is 7.05 Å². The summed E-state index contributed by atoms with van der Waals surface area (Å²) < 4.78 is 0. The van der Waals surface area contributed by atoms with E-state index in [1.165, 1.54) is 12.8 Å². The van der Waals surface area contributed by atoms with Crippen LogP contribution in [-0.4, -0.2) is 42.5 Å². The molecule has 1 aliphatic heterocycles. The lowest BCUT2D eigenvalue weighted by Crippen LogP contribution is -2.57. The lowest BCUT2D eigenvalue weighted by molar-refractivity contribution is -0.124. The predicted molar refractivity (Wildman–Crippen MR) is 50.2 cm³/mol. The van der Waals surface area contributed by atoms with Gasteiger partial charge in [0.15, 0.2) is 0 Å². The quantitative estimate of drug-likeness (QED) is 0.608. The Morgan fingerprint density at radius 3 is 2.69 bits per heavy atom. The van der Waals surface area contributed by atoms with Crippen molar-refractivity contribution in [2.75, 3.05) is 20.1 Å². The van der Waals surface area contributed by atoms with Crippen LogP contribution in [-0.2, 0) is 4.79 Å². The summed E-state index contributed by atoms with van der Waals surface area (Å²) in [6, 6.07) is 0.541. The molecule has 1 heterocycles. The average Bonchev–Trinajstić information content (AvgIpc) is 2.76. The Bertz CT molecular complexity index is 227. The van der Waals surface area contributed by atoms with Crippen molar-refractivity contribution in [1.82, 2.24) is 10.2 Å². The molecule has 3 N–H and O–H groups in total. The standard InChI is InChI=1S/C9H17N3O/c1-12-5-4-9(6-12,8(10)13)11-7-2-3-7/h7,11H,2-6H2,1H3,(H2,10,13). The summed E-state index contributed by atoms with van der Waals surface area (Å²) in [7, 11) is 2.03. The second-order valence-corrected chi connectivity index (χ2v) is 4.35. The van der Waals surface area contributed by atoms with E-state index >= 15 is 0 Å². The second kappa shape index (κ2) is 2.96. The fourth-order valence-corrected chi connectivity index (χ4v) is 2.01. The molecule has 13 heavy (non-hydrogen) atoms. The highest BCUT2D eigenvalue weighted by atomic mass is 16.1. The number of nitrogens with one attached hydrogen (secondary N) is 1. The van der Waals surface area contributed by atoms with Gasteiger partial charge in [0.25, 0.3) is 0 Å². The summed E-state index contributed by atoms with van der Waals surface area (Å²) in [5, 5.41) is 3.38. The Kier molecular flexibility index (Phi) is 2.04. The molecule has 0 spiro atoms. The van der Waals surface area contributed by atoms with E-state index in [9.17, 15) is 4.79 Å². The third-order valence-corrected chi connectivity index (χ3v) is 2.99. The van der Waals surface area contributed by atoms with E-state index < -0.39 is 5.54 Å². The van der Waals surface area contributed by atoms with Crippen molar-refractivity contribution in [2.45, 2.75) is 30.8 Å². The molecule has 2 fully saturated rings. The number of carbonyl (C=O) groups excluding carboxylic acids is 1. The maximum atomic E-state index is 11.4. The summed E-state index contributed by atoms with van der Waals surface area (Å²) in [6.45, 7) is 1.72. The molecule has 4 nitrogen and oxygen atoms in total. The number of nitrogens with zero attached hydrogens (tertiary/aromatic N) is 1. The third-order valence-electron chi connectivity index (χ3n) is 2.99. The van der Waals surface area contributed by atoms with Crippen LogP contribution in [0.25, 0.3) is 0 Å². The van der Waals surface area contributed by atoms with Crippen molar-refractivity contribution in [3.63, 3.8) is 0 Å². The van der Waals surface area contributed by atoms with Gasteiger partial charge in [0.1, 0.15) is 5.54 Å². The first-order valence-corrected chi connectivity index (χ1v) is 4.88. The van der Waals surface area contributed by atoms with Gasteiger partial charge in [-0.2, -0.15) is 0 Å². The van der Waals surface area contributed by atoms with Crippen LogP contribution in [0.1, 0.15) is 19.3 Å². The largest absolute Gasteiger partial charge is 0.368 e. The van der Waals surface area contributed by atoms with E-state index in [-0.39, 0.29) is 5.91 Å². The van der Waals surface area contributed by atoms with Gasteiger partial charge in [0.2, 0.25) is 5.91 Å². The zero-order valence-corrected chi connectivity index (χ0v) is 8.05. The van der Waals surface area contributed by atoms with E-state index in [4.69, 9.17) is 5.73 Å². The summed E-state index contributed by atoms with van der Waals surface area (Å²) in [6.07, 6.45) is 3.24. The minimum Gasteiger partial charge on any atom is -0.368 e. The predicted octanol–water partition coefficient (Wildman–Crippen LogP) is -0.702. The Morgan fingerprint density at radius 2 is 2.31 bits per heavy atom. The fraction of sp³-hybridized carbons (Fsp3) is 0.889. The third kappa shape index (κ3) is 1.69. The number of rotatable bonds is 3. The van der Waals surface area contributed by atoms with Gasteiger partial charge < -0.3 is 10.6 Å². The SMILES string of the molecule is CN1CCC(NC2CC2)(C(N)=O)C1. The first kappa shape index (κ1) is 8.97. The van der Waals surface area contributed by atoms with E-state index in [0.717, 1.165) is 19.5 Å². The molecular weight excluding hydrogens is 166 g/mol. The van der Waals surface area contributed by atoms with Crippen LogP contribution >= 0.6 is 0 Å². The number of amides is 1. The molecule has 2 rings (SSSR count). The number of primary amides is 1. The minimum atomic E-state index is -0.435. The molecule has 0 aromatic carbocycles. The molecule has 0 radical (unpaired) electrons. The lowest BCUT2D eigenvalue weighted by atomic mass is 9.97. The Morgan fingerprint density at radius 1 is 1.62 bits per heavy atom. The van der Waals surface area contributed by atoms with Crippen molar-refractivity contribution >= 4 is 5.91 Å². The van der Waals surface area contributed by atoms with Crippen molar-refractivity contribution in [3.05, 3.63) is 0 Å². The van der Waals surface area contributed by atoms with Crippen LogP contribution in [0.5, 0.6) is 0 Å². The van der Waals surface area contributed by atoms with Gasteiger partial charge in [-0.05, 0) is 26.3 Å². The van der Waals surface area contributed by atoms with E-state index in [2.05, 4.69) is 10.2 Å². The highest BCUT2D eigenvalue weighted by Gasteiger charge is 2.45. The highest BCUT2D eigenvalue weighted by Crippen LogP contribution is 2.27. The van der Waals surface area contributed by atoms with Gasteiger partial charge in [-0.25, -0.2) is 0 Å². The van der Waals surface area contributed by atoms with Crippen LogP contribution in [0.3, 0.4) is 0 Å². The zero-order chi connectivity index (χ0) is 9.47. The van der Waals surface area contributed by atoms with Crippen molar-refractivity contribution in [1.29, 1.82) is 0 Å². The van der Waals surface area contributed by atoms with Crippen LogP contribution in [0.2, 0.25) is 0 Å². The van der Waals surface area contributed by atoms with Gasteiger partial charge in [-0.3, -0.25) is 10.1 Å². The summed E-state index contributed by atoms with van der Waals surface area (Å²) in [5.74, 6) is -0.191. The van der Waals surface area contributed by atoms with E-state index in [0.29, 0.717) is 6.04 Å². The summed E-state index contributed by atoms with van der Waals surface area (Å²) in [5.41, 5.74) is 5.01. The smallest absolute Gasteiger partial charge is 0.239 e. The lowest BCUT2D eigenvalue weighted by Gasteiger charge is -2.26. The first-order valence-electron chi connectivity index (χ1n) is 4.88. The normalized spacial score (nSPS) is 35.2. The number of likely N-dealkylation sites (tertiary alicyclic amines) is 1. The molecule has 74 valence electrons. The van der Waals surface area contributed by atoms with Crippen LogP contribution in [0.15, 0.2) is 0 Å². The van der Waals surface area contributed by atoms with Crippen LogP contribution < -0.4 is 11.1 Å². The second-order valence-electron chi connectivity index (χ2n) is 4.35. The molecule has 1 aliphatic carbocycles. The van der Waals surface area contributed by atoms with Gasteiger partial charge in [0.05, 0.1) is 0 Å². The first-order chi connectivity index (χ1) is 6.12. The highest BCUT2D eigenvalue weighted by molar-refractivity contribution is 5.85. The van der Waals surface area contributed by atoms with Crippen molar-refractivity contribution in [2.24, 2.45) is 5.73 Å². The number of nitrogens with two attached hydrogens (primary N) is 1. The number of carbonyl (C=O) groups is 1. The molecule has 1 saturated carbocycles. The fourth-order valence-electron chi connectivity index (χ4n) is 2.01. The number of hydrogen-bond donors (Lipinski definition) is 2. The molecule has 2 aliphatic rings. The Balaban J connectivity index is 2.05. The molecule has 1 saturated heterocycles. The zero-order valence-electron chi connectivity index (χ0n) is 8.05.